The Hall–Kier alpha value is -2.49. The molecule has 0 saturated heterocycles. The number of anilines is 1. The zero-order chi connectivity index (χ0) is 22.9. The van der Waals surface area contributed by atoms with Crippen LogP contribution >= 0.6 is 34.7 Å². The highest BCUT2D eigenvalue weighted by atomic mass is 35.5. The smallest absolute Gasteiger partial charge is 0.257 e. The van der Waals surface area contributed by atoms with E-state index < -0.39 is 0 Å². The molecule has 3 aromatic rings. The first-order chi connectivity index (χ1) is 15.5. The molecule has 3 rings (SSSR count). The lowest BCUT2D eigenvalue weighted by molar-refractivity contribution is 0.102. The zero-order valence-electron chi connectivity index (χ0n) is 18.0. The molecule has 1 aromatic heterocycles. The van der Waals surface area contributed by atoms with Crippen LogP contribution in [0.5, 0.6) is 17.2 Å². The first kappa shape index (κ1) is 24.2. The Kier molecular flexibility index (Phi) is 9.01. The van der Waals surface area contributed by atoms with Gasteiger partial charge in [0.05, 0.1) is 19.8 Å². The minimum Gasteiger partial charge on any atom is -0.490 e. The number of aromatic nitrogens is 2. The monoisotopic (exact) mass is 493 g/mol. The van der Waals surface area contributed by atoms with Crippen LogP contribution in [-0.4, -0.2) is 35.9 Å². The van der Waals surface area contributed by atoms with Crippen LogP contribution in [0.25, 0.3) is 0 Å². The Labute approximate surface area is 200 Å². The third-order valence-electron chi connectivity index (χ3n) is 4.07. The van der Waals surface area contributed by atoms with Crippen molar-refractivity contribution < 1.29 is 19.0 Å². The maximum absolute atomic E-state index is 12.9. The molecule has 0 saturated carbocycles. The molecule has 0 radical (unpaired) electrons. The van der Waals surface area contributed by atoms with Crippen molar-refractivity contribution in [2.24, 2.45) is 0 Å². The summed E-state index contributed by atoms with van der Waals surface area (Å²) in [5.74, 6) is 1.81. The Morgan fingerprint density at radius 2 is 1.62 bits per heavy atom. The molecule has 2 aromatic carbocycles. The molecule has 0 spiro atoms. The summed E-state index contributed by atoms with van der Waals surface area (Å²) < 4.78 is 17.8. The van der Waals surface area contributed by atoms with E-state index in [4.69, 9.17) is 25.8 Å². The second-order valence-electron chi connectivity index (χ2n) is 6.34. The molecule has 1 heterocycles. The van der Waals surface area contributed by atoms with Gasteiger partial charge in [-0.25, -0.2) is 0 Å². The standard InChI is InChI=1S/C22H24ClN3O4S2/c1-4-28-17-11-15(12-18(29-5-2)19(17)30-6-3)20(27)24-21-25-26-22(32-21)31-13-14-7-9-16(23)10-8-14/h7-12H,4-6,13H2,1-3H3,(H,24,25,27). The number of halogens is 1. The number of carbonyl (C=O) groups excluding carboxylic acids is 1. The minimum atomic E-state index is -0.333. The highest BCUT2D eigenvalue weighted by molar-refractivity contribution is 8.00. The third kappa shape index (κ3) is 6.51. The molecule has 32 heavy (non-hydrogen) atoms. The van der Waals surface area contributed by atoms with E-state index in [9.17, 15) is 4.79 Å². The van der Waals surface area contributed by atoms with Crippen molar-refractivity contribution in [2.45, 2.75) is 30.9 Å². The molecular formula is C22H24ClN3O4S2. The first-order valence-electron chi connectivity index (χ1n) is 10.1. The largest absolute Gasteiger partial charge is 0.490 e. The minimum absolute atomic E-state index is 0.333. The van der Waals surface area contributed by atoms with Crippen LogP contribution in [-0.2, 0) is 5.75 Å². The molecule has 0 fully saturated rings. The molecule has 0 unspecified atom stereocenters. The van der Waals surface area contributed by atoms with Crippen LogP contribution in [0.4, 0.5) is 5.13 Å². The van der Waals surface area contributed by atoms with E-state index in [0.29, 0.717) is 52.8 Å². The number of rotatable bonds is 11. The predicted octanol–water partition coefficient (Wildman–Crippen LogP) is 5.93. The number of nitrogens with zero attached hydrogens (tertiary/aromatic N) is 2. The lowest BCUT2D eigenvalue weighted by atomic mass is 10.1. The number of carbonyl (C=O) groups is 1. The average molecular weight is 494 g/mol. The number of amides is 1. The zero-order valence-corrected chi connectivity index (χ0v) is 20.4. The van der Waals surface area contributed by atoms with E-state index >= 15 is 0 Å². The quantitative estimate of drug-likeness (QED) is 0.261. The van der Waals surface area contributed by atoms with Gasteiger partial charge in [-0.3, -0.25) is 10.1 Å². The van der Waals surface area contributed by atoms with Gasteiger partial charge in [-0.2, -0.15) is 0 Å². The summed E-state index contributed by atoms with van der Waals surface area (Å²) in [6.45, 7) is 6.93. The highest BCUT2D eigenvalue weighted by Gasteiger charge is 2.19. The van der Waals surface area contributed by atoms with Crippen molar-refractivity contribution in [1.29, 1.82) is 0 Å². The maximum Gasteiger partial charge on any atom is 0.257 e. The van der Waals surface area contributed by atoms with E-state index in [-0.39, 0.29) is 5.91 Å². The highest BCUT2D eigenvalue weighted by Crippen LogP contribution is 2.39. The van der Waals surface area contributed by atoms with E-state index in [1.165, 1.54) is 11.3 Å². The van der Waals surface area contributed by atoms with Crippen LogP contribution in [0, 0.1) is 0 Å². The molecule has 0 aliphatic heterocycles. The van der Waals surface area contributed by atoms with Gasteiger partial charge in [0.1, 0.15) is 0 Å². The molecule has 0 bridgehead atoms. The molecule has 7 nitrogen and oxygen atoms in total. The summed E-state index contributed by atoms with van der Waals surface area (Å²) in [6, 6.07) is 10.9. The van der Waals surface area contributed by atoms with Crippen LogP contribution in [0.1, 0.15) is 36.7 Å². The fourth-order valence-electron chi connectivity index (χ4n) is 2.73. The fraction of sp³-hybridized carbons (Fsp3) is 0.318. The van der Waals surface area contributed by atoms with Crippen molar-refractivity contribution in [2.75, 3.05) is 25.1 Å². The van der Waals surface area contributed by atoms with Gasteiger partial charge in [-0.05, 0) is 50.6 Å². The van der Waals surface area contributed by atoms with Gasteiger partial charge >= 0.3 is 0 Å². The molecule has 1 amide bonds. The maximum atomic E-state index is 12.9. The van der Waals surface area contributed by atoms with Crippen molar-refractivity contribution in [3.63, 3.8) is 0 Å². The molecule has 0 atom stereocenters. The molecule has 0 aliphatic carbocycles. The Morgan fingerprint density at radius 1 is 1.00 bits per heavy atom. The molecule has 0 aliphatic rings. The van der Waals surface area contributed by atoms with Gasteiger partial charge in [0.25, 0.3) is 5.91 Å². The summed E-state index contributed by atoms with van der Waals surface area (Å²) in [6.07, 6.45) is 0. The number of hydrogen-bond acceptors (Lipinski definition) is 8. The third-order valence-corrected chi connectivity index (χ3v) is 6.37. The van der Waals surface area contributed by atoms with E-state index in [0.717, 1.165) is 15.7 Å². The van der Waals surface area contributed by atoms with Crippen molar-refractivity contribution in [3.05, 3.63) is 52.5 Å². The number of ether oxygens (including phenoxy) is 3. The average Bonchev–Trinajstić information content (AvgIpc) is 3.23. The van der Waals surface area contributed by atoms with Crippen molar-refractivity contribution in [3.8, 4) is 17.2 Å². The van der Waals surface area contributed by atoms with E-state index in [1.807, 2.05) is 45.0 Å². The predicted molar refractivity (Wildman–Crippen MR) is 129 cm³/mol. The lowest BCUT2D eigenvalue weighted by Crippen LogP contribution is -2.13. The van der Waals surface area contributed by atoms with Gasteiger partial charge in [-0.1, -0.05) is 46.8 Å². The van der Waals surface area contributed by atoms with Gasteiger partial charge in [0.2, 0.25) is 10.9 Å². The Morgan fingerprint density at radius 3 is 2.22 bits per heavy atom. The van der Waals surface area contributed by atoms with Gasteiger partial charge < -0.3 is 14.2 Å². The summed E-state index contributed by atoms with van der Waals surface area (Å²) >= 11 is 8.78. The summed E-state index contributed by atoms with van der Waals surface area (Å²) in [7, 11) is 0. The number of thioether (sulfide) groups is 1. The van der Waals surface area contributed by atoms with Gasteiger partial charge in [0.15, 0.2) is 15.8 Å². The molecule has 170 valence electrons. The molecule has 1 N–H and O–H groups in total. The van der Waals surface area contributed by atoms with Crippen molar-refractivity contribution >= 4 is 45.7 Å². The van der Waals surface area contributed by atoms with Crippen LogP contribution in [0.2, 0.25) is 5.02 Å². The van der Waals surface area contributed by atoms with Crippen molar-refractivity contribution in [1.82, 2.24) is 10.2 Å². The Bertz CT molecular complexity index is 1020. The van der Waals surface area contributed by atoms with E-state index in [2.05, 4.69) is 15.5 Å². The van der Waals surface area contributed by atoms with Gasteiger partial charge in [-0.15, -0.1) is 10.2 Å². The fourth-order valence-corrected chi connectivity index (χ4v) is 4.56. The van der Waals surface area contributed by atoms with Crippen LogP contribution in [0.15, 0.2) is 40.7 Å². The summed E-state index contributed by atoms with van der Waals surface area (Å²) in [5.41, 5.74) is 1.51. The van der Waals surface area contributed by atoms with E-state index in [1.54, 1.807) is 23.9 Å². The SMILES string of the molecule is CCOc1cc(C(=O)Nc2nnc(SCc3ccc(Cl)cc3)s2)cc(OCC)c1OCC. The summed E-state index contributed by atoms with van der Waals surface area (Å²) in [4.78, 5) is 12.9. The number of benzene rings is 2. The summed E-state index contributed by atoms with van der Waals surface area (Å²) in [5, 5.41) is 12.1. The normalized spacial score (nSPS) is 10.6. The number of nitrogens with one attached hydrogen (secondary N) is 1. The van der Waals surface area contributed by atoms with Gasteiger partial charge in [0, 0.05) is 16.3 Å². The lowest BCUT2D eigenvalue weighted by Gasteiger charge is -2.16. The second kappa shape index (κ2) is 11.9. The Balaban J connectivity index is 1.71. The second-order valence-corrected chi connectivity index (χ2v) is 8.98. The molecular weight excluding hydrogens is 470 g/mol. The molecule has 10 heteroatoms. The van der Waals surface area contributed by atoms with Crippen LogP contribution < -0.4 is 19.5 Å². The topological polar surface area (TPSA) is 82.6 Å². The number of hydrogen-bond donors (Lipinski definition) is 1. The first-order valence-corrected chi connectivity index (χ1v) is 12.3. The van der Waals surface area contributed by atoms with Crippen LogP contribution in [0.3, 0.4) is 0 Å².